The van der Waals surface area contributed by atoms with Gasteiger partial charge in [-0.05, 0) is 19.1 Å². The Morgan fingerprint density at radius 3 is 2.59 bits per heavy atom. The van der Waals surface area contributed by atoms with Gasteiger partial charge in [0.15, 0.2) is 16.0 Å². The molecule has 0 saturated heterocycles. The number of anilines is 1. The van der Waals surface area contributed by atoms with Crippen LogP contribution in [0, 0.1) is 0 Å². The number of hydrazine groups is 1. The number of halogens is 3. The summed E-state index contributed by atoms with van der Waals surface area (Å²) >= 11 is 22.5. The van der Waals surface area contributed by atoms with Gasteiger partial charge in [0.05, 0.1) is 17.3 Å². The number of hydrogen-bond donors (Lipinski definition) is 4. The van der Waals surface area contributed by atoms with Gasteiger partial charge in [-0.15, -0.1) is 0 Å². The zero-order chi connectivity index (χ0) is 16.9. The molecule has 0 bridgehead atoms. The van der Waals surface area contributed by atoms with Crippen LogP contribution in [-0.2, 0) is 4.74 Å². The topological polar surface area (TPSA) is 101 Å². The normalized spacial score (nSPS) is 11.7. The lowest BCUT2D eigenvalue weighted by Crippen LogP contribution is -2.50. The summed E-state index contributed by atoms with van der Waals surface area (Å²) in [4.78, 5) is 15.8. The molecule has 5 N–H and O–H groups in total. The lowest BCUT2D eigenvalue weighted by atomic mass is 10.3. The van der Waals surface area contributed by atoms with Gasteiger partial charge < -0.3 is 15.8 Å². The number of nitrogens with zero attached hydrogens (tertiary/aromatic N) is 1. The Hall–Kier alpha value is -1.06. The number of aromatic nitrogens is 1. The molecule has 1 unspecified atom stereocenters. The van der Waals surface area contributed by atoms with Crippen molar-refractivity contribution < 1.29 is 9.53 Å². The molecule has 7 nitrogen and oxygen atoms in total. The first-order valence-electron chi connectivity index (χ1n) is 5.93. The number of thiocarbonyl (C=S) groups is 1. The van der Waals surface area contributed by atoms with Crippen molar-refractivity contribution in [3.8, 4) is 0 Å². The molecule has 0 saturated carbocycles. The first-order chi connectivity index (χ1) is 10.3. The van der Waals surface area contributed by atoms with Crippen molar-refractivity contribution in [1.29, 1.82) is 0 Å². The van der Waals surface area contributed by atoms with Crippen LogP contribution in [0.2, 0.25) is 15.2 Å². The highest BCUT2D eigenvalue weighted by molar-refractivity contribution is 7.80. The van der Waals surface area contributed by atoms with Gasteiger partial charge in [0.2, 0.25) is 0 Å². The third-order valence-corrected chi connectivity index (χ3v) is 3.73. The molecular formula is C11H14Cl3N5O2S. The van der Waals surface area contributed by atoms with Crippen LogP contribution in [0.15, 0.2) is 0 Å². The largest absolute Gasteiger partial charge is 0.396 e. The van der Waals surface area contributed by atoms with Gasteiger partial charge in [0, 0.05) is 13.2 Å². The number of carbonyl (C=O) groups excluding carboxylic acids is 1. The first-order valence-corrected chi connectivity index (χ1v) is 7.47. The monoisotopic (exact) mass is 385 g/mol. The Kier molecular flexibility index (Phi) is 7.37. The smallest absolute Gasteiger partial charge is 0.289 e. The molecule has 0 radical (unpaired) electrons. The summed E-state index contributed by atoms with van der Waals surface area (Å²) in [6.45, 7) is 2.31. The molecule has 0 aliphatic heterocycles. The van der Waals surface area contributed by atoms with E-state index in [9.17, 15) is 4.79 Å². The predicted octanol–water partition coefficient (Wildman–Crippen LogP) is 1.77. The number of rotatable bonds is 4. The SMILES string of the molecule is COCC(C)NC(=S)NNC(=O)c1nc(Cl)c(Cl)c(N)c1Cl. The second-order valence-corrected chi connectivity index (χ2v) is 5.72. The van der Waals surface area contributed by atoms with Gasteiger partial charge in [0.1, 0.15) is 5.02 Å². The van der Waals surface area contributed by atoms with Crippen molar-refractivity contribution in [2.24, 2.45) is 0 Å². The number of methoxy groups -OCH3 is 1. The standard InChI is InChI=1S/C11H14Cl3N5O2S/c1-4(3-21-2)16-11(22)19-18-10(20)8-5(12)7(15)6(13)9(14)17-8/h4H,3H2,1-2H3,(H2,15,17)(H,18,20)(H2,16,19,22). The molecule has 122 valence electrons. The van der Waals surface area contributed by atoms with Crippen LogP contribution in [0.4, 0.5) is 5.69 Å². The fraction of sp³-hybridized carbons (Fsp3) is 0.364. The highest BCUT2D eigenvalue weighted by Crippen LogP contribution is 2.34. The lowest BCUT2D eigenvalue weighted by Gasteiger charge is -2.16. The van der Waals surface area contributed by atoms with Crippen LogP contribution in [0.3, 0.4) is 0 Å². The predicted molar refractivity (Wildman–Crippen MR) is 91.4 cm³/mol. The van der Waals surface area contributed by atoms with E-state index in [4.69, 9.17) is 57.5 Å². The lowest BCUT2D eigenvalue weighted by molar-refractivity contribution is 0.0938. The van der Waals surface area contributed by atoms with Crippen LogP contribution in [0.5, 0.6) is 0 Å². The van der Waals surface area contributed by atoms with Gasteiger partial charge in [-0.2, -0.15) is 0 Å². The van der Waals surface area contributed by atoms with Gasteiger partial charge in [-0.1, -0.05) is 34.8 Å². The van der Waals surface area contributed by atoms with Crippen molar-refractivity contribution in [2.75, 3.05) is 19.5 Å². The quantitative estimate of drug-likeness (QED) is 0.355. The molecule has 0 aliphatic carbocycles. The Bertz CT molecular complexity index is 587. The maximum absolute atomic E-state index is 12.0. The van der Waals surface area contributed by atoms with E-state index in [1.54, 1.807) is 7.11 Å². The van der Waals surface area contributed by atoms with Crippen molar-refractivity contribution in [2.45, 2.75) is 13.0 Å². The molecule has 0 spiro atoms. The number of pyridine rings is 1. The number of hydrogen-bond acceptors (Lipinski definition) is 5. The number of carbonyl (C=O) groups is 1. The summed E-state index contributed by atoms with van der Waals surface area (Å²) in [5.74, 6) is -0.668. The molecule has 22 heavy (non-hydrogen) atoms. The summed E-state index contributed by atoms with van der Waals surface area (Å²) in [6.07, 6.45) is 0. The molecule has 0 fully saturated rings. The molecule has 1 aromatic rings. The summed E-state index contributed by atoms with van der Waals surface area (Å²) < 4.78 is 4.95. The number of nitrogens with two attached hydrogens (primary N) is 1. The molecule has 0 aliphatic rings. The maximum Gasteiger partial charge on any atom is 0.289 e. The second-order valence-electron chi connectivity index (χ2n) is 4.20. The average Bonchev–Trinajstić information content (AvgIpc) is 2.46. The molecule has 1 atom stereocenters. The van der Waals surface area contributed by atoms with Crippen molar-refractivity contribution >= 4 is 63.7 Å². The van der Waals surface area contributed by atoms with E-state index in [-0.39, 0.29) is 37.7 Å². The minimum atomic E-state index is -0.668. The zero-order valence-electron chi connectivity index (χ0n) is 11.7. The van der Waals surface area contributed by atoms with Crippen LogP contribution in [0.1, 0.15) is 17.4 Å². The number of ether oxygens (including phenoxy) is 1. The fourth-order valence-corrected chi connectivity index (χ4v) is 2.25. The zero-order valence-corrected chi connectivity index (χ0v) is 14.8. The Balaban J connectivity index is 2.69. The van der Waals surface area contributed by atoms with E-state index in [1.165, 1.54) is 0 Å². The summed E-state index contributed by atoms with van der Waals surface area (Å²) in [6, 6.07) is -0.0377. The number of nitrogen functional groups attached to an aromatic ring is 1. The number of nitrogens with one attached hydrogen (secondary N) is 3. The van der Waals surface area contributed by atoms with E-state index >= 15 is 0 Å². The minimum absolute atomic E-state index is 0.0123. The van der Waals surface area contributed by atoms with E-state index in [0.717, 1.165) is 0 Å². The van der Waals surface area contributed by atoms with Crippen LogP contribution in [-0.4, -0.2) is 35.8 Å². The molecular weight excluding hydrogens is 373 g/mol. The molecule has 0 aromatic carbocycles. The summed E-state index contributed by atoms with van der Waals surface area (Å²) in [5, 5.41) is 2.85. The van der Waals surface area contributed by atoms with Crippen molar-refractivity contribution in [1.82, 2.24) is 21.2 Å². The van der Waals surface area contributed by atoms with E-state index < -0.39 is 5.91 Å². The van der Waals surface area contributed by atoms with Crippen LogP contribution >= 0.6 is 47.0 Å². The van der Waals surface area contributed by atoms with E-state index in [0.29, 0.717) is 6.61 Å². The highest BCUT2D eigenvalue weighted by atomic mass is 35.5. The summed E-state index contributed by atoms with van der Waals surface area (Å²) in [7, 11) is 1.57. The number of amides is 1. The molecule has 1 amide bonds. The summed E-state index contributed by atoms with van der Waals surface area (Å²) in [5.41, 5.74) is 10.3. The fourth-order valence-electron chi connectivity index (χ4n) is 1.41. The Labute approximate surface area is 147 Å². The molecule has 1 heterocycles. The van der Waals surface area contributed by atoms with Crippen molar-refractivity contribution in [3.05, 3.63) is 20.9 Å². The van der Waals surface area contributed by atoms with Gasteiger partial charge in [0.25, 0.3) is 5.91 Å². The van der Waals surface area contributed by atoms with Gasteiger partial charge >= 0.3 is 0 Å². The second kappa shape index (κ2) is 8.54. The maximum atomic E-state index is 12.0. The van der Waals surface area contributed by atoms with Crippen LogP contribution in [0.25, 0.3) is 0 Å². The van der Waals surface area contributed by atoms with E-state index in [1.807, 2.05) is 6.92 Å². The third kappa shape index (κ3) is 4.99. The van der Waals surface area contributed by atoms with E-state index in [2.05, 4.69) is 21.2 Å². The van der Waals surface area contributed by atoms with Crippen molar-refractivity contribution in [3.63, 3.8) is 0 Å². The Morgan fingerprint density at radius 2 is 2.00 bits per heavy atom. The molecule has 11 heteroatoms. The molecule has 1 aromatic heterocycles. The van der Waals surface area contributed by atoms with Crippen LogP contribution < -0.4 is 21.9 Å². The van der Waals surface area contributed by atoms with Gasteiger partial charge in [-0.3, -0.25) is 15.6 Å². The Morgan fingerprint density at radius 1 is 1.36 bits per heavy atom. The minimum Gasteiger partial charge on any atom is -0.396 e. The molecule has 1 rings (SSSR count). The highest BCUT2D eigenvalue weighted by Gasteiger charge is 2.19. The first kappa shape index (κ1) is 19.0. The van der Waals surface area contributed by atoms with Gasteiger partial charge in [-0.25, -0.2) is 4.98 Å². The average molecular weight is 387 g/mol. The third-order valence-electron chi connectivity index (χ3n) is 2.37.